The molecule has 2 nitrogen and oxygen atoms in total. The molecular formula is C11H22O2. The average Bonchev–Trinajstić information content (AvgIpc) is 2.53. The molecule has 0 aromatic heterocycles. The SMILES string of the molecule is COC(C)(C)CC1(CO)CC1(C)C. The van der Waals surface area contributed by atoms with Gasteiger partial charge in [-0.1, -0.05) is 13.8 Å². The molecule has 1 saturated carbocycles. The minimum absolute atomic E-state index is 0.104. The van der Waals surface area contributed by atoms with E-state index in [1.54, 1.807) is 7.11 Å². The molecule has 0 spiro atoms. The minimum atomic E-state index is -0.115. The van der Waals surface area contributed by atoms with Gasteiger partial charge in [-0.15, -0.1) is 0 Å². The molecule has 0 saturated heterocycles. The van der Waals surface area contributed by atoms with Gasteiger partial charge in [0.2, 0.25) is 0 Å². The minimum Gasteiger partial charge on any atom is -0.396 e. The predicted molar refractivity (Wildman–Crippen MR) is 53.6 cm³/mol. The van der Waals surface area contributed by atoms with E-state index < -0.39 is 0 Å². The summed E-state index contributed by atoms with van der Waals surface area (Å²) in [5.41, 5.74) is 0.278. The van der Waals surface area contributed by atoms with Crippen molar-refractivity contribution >= 4 is 0 Å². The van der Waals surface area contributed by atoms with Gasteiger partial charge in [0.05, 0.1) is 5.60 Å². The van der Waals surface area contributed by atoms with Gasteiger partial charge >= 0.3 is 0 Å². The molecule has 1 aliphatic rings. The van der Waals surface area contributed by atoms with Crippen LogP contribution in [-0.2, 0) is 4.74 Å². The Hall–Kier alpha value is -0.0800. The van der Waals surface area contributed by atoms with Crippen molar-refractivity contribution in [3.05, 3.63) is 0 Å². The Morgan fingerprint density at radius 1 is 1.38 bits per heavy atom. The van der Waals surface area contributed by atoms with E-state index in [4.69, 9.17) is 4.74 Å². The summed E-state index contributed by atoms with van der Waals surface area (Å²) in [6.45, 7) is 8.88. The van der Waals surface area contributed by atoms with Crippen LogP contribution in [0.25, 0.3) is 0 Å². The Labute approximate surface area is 81.3 Å². The van der Waals surface area contributed by atoms with Crippen molar-refractivity contribution in [3.63, 3.8) is 0 Å². The zero-order chi connectivity index (χ0) is 10.3. The quantitative estimate of drug-likeness (QED) is 0.729. The number of ether oxygens (including phenoxy) is 1. The Morgan fingerprint density at radius 3 is 2.08 bits per heavy atom. The second kappa shape index (κ2) is 2.96. The molecule has 13 heavy (non-hydrogen) atoms. The van der Waals surface area contributed by atoms with Gasteiger partial charge in [-0.2, -0.15) is 0 Å². The first-order valence-corrected chi connectivity index (χ1v) is 4.95. The van der Waals surface area contributed by atoms with Crippen LogP contribution in [0.15, 0.2) is 0 Å². The number of hydrogen-bond donors (Lipinski definition) is 1. The molecule has 1 atom stereocenters. The molecule has 0 aliphatic heterocycles. The van der Waals surface area contributed by atoms with E-state index in [2.05, 4.69) is 27.7 Å². The summed E-state index contributed by atoms with van der Waals surface area (Å²) in [7, 11) is 1.74. The molecule has 0 aromatic carbocycles. The molecule has 78 valence electrons. The number of rotatable bonds is 4. The fraction of sp³-hybridized carbons (Fsp3) is 1.00. The van der Waals surface area contributed by atoms with Crippen LogP contribution < -0.4 is 0 Å². The molecule has 1 N–H and O–H groups in total. The molecule has 0 radical (unpaired) electrons. The van der Waals surface area contributed by atoms with Crippen LogP contribution in [0, 0.1) is 10.8 Å². The highest BCUT2D eigenvalue weighted by atomic mass is 16.5. The fourth-order valence-corrected chi connectivity index (χ4v) is 2.32. The monoisotopic (exact) mass is 186 g/mol. The van der Waals surface area contributed by atoms with E-state index in [1.807, 2.05) is 0 Å². The molecule has 0 bridgehead atoms. The third kappa shape index (κ3) is 1.89. The normalized spacial score (nSPS) is 31.8. The Kier molecular flexibility index (Phi) is 2.50. The molecule has 1 aliphatic carbocycles. The van der Waals surface area contributed by atoms with Crippen molar-refractivity contribution in [2.45, 2.75) is 46.1 Å². The Balaban J connectivity index is 2.63. The highest BCUT2D eigenvalue weighted by molar-refractivity contribution is 5.11. The summed E-state index contributed by atoms with van der Waals surface area (Å²) in [4.78, 5) is 0. The second-order valence-corrected chi connectivity index (χ2v) is 5.64. The van der Waals surface area contributed by atoms with Gasteiger partial charge in [0.25, 0.3) is 0 Å². The van der Waals surface area contributed by atoms with Crippen molar-refractivity contribution in [2.24, 2.45) is 10.8 Å². The summed E-state index contributed by atoms with van der Waals surface area (Å²) in [5.74, 6) is 0. The van der Waals surface area contributed by atoms with Crippen molar-refractivity contribution < 1.29 is 9.84 Å². The van der Waals surface area contributed by atoms with E-state index in [1.165, 1.54) is 0 Å². The first-order chi connectivity index (χ1) is 5.79. The molecule has 2 heteroatoms. The summed E-state index contributed by atoms with van der Waals surface area (Å²) in [5, 5.41) is 9.40. The lowest BCUT2D eigenvalue weighted by Gasteiger charge is -2.29. The second-order valence-electron chi connectivity index (χ2n) is 5.64. The largest absolute Gasteiger partial charge is 0.396 e. The maximum atomic E-state index is 9.40. The third-order valence-corrected chi connectivity index (χ3v) is 3.71. The molecule has 1 fully saturated rings. The number of hydrogen-bond acceptors (Lipinski definition) is 2. The van der Waals surface area contributed by atoms with Crippen molar-refractivity contribution in [3.8, 4) is 0 Å². The van der Waals surface area contributed by atoms with Crippen LogP contribution in [0.2, 0.25) is 0 Å². The fourth-order valence-electron chi connectivity index (χ4n) is 2.32. The molecule has 0 amide bonds. The van der Waals surface area contributed by atoms with Gasteiger partial charge in [-0.25, -0.2) is 0 Å². The lowest BCUT2D eigenvalue weighted by molar-refractivity contribution is -0.0173. The van der Waals surface area contributed by atoms with Crippen LogP contribution in [0.3, 0.4) is 0 Å². The average molecular weight is 186 g/mol. The van der Waals surface area contributed by atoms with Crippen molar-refractivity contribution in [2.75, 3.05) is 13.7 Å². The lowest BCUT2D eigenvalue weighted by atomic mass is 9.85. The molecule has 0 aromatic rings. The molecule has 1 unspecified atom stereocenters. The molecule has 1 rings (SSSR count). The maximum Gasteiger partial charge on any atom is 0.0629 e. The number of aliphatic hydroxyl groups is 1. The summed E-state index contributed by atoms with van der Waals surface area (Å²) in [6.07, 6.45) is 2.06. The highest BCUT2D eigenvalue weighted by Crippen LogP contribution is 2.66. The van der Waals surface area contributed by atoms with Crippen LogP contribution >= 0.6 is 0 Å². The van der Waals surface area contributed by atoms with Crippen LogP contribution in [0.5, 0.6) is 0 Å². The summed E-state index contributed by atoms with van der Waals surface area (Å²) >= 11 is 0. The van der Waals surface area contributed by atoms with Gasteiger partial charge in [-0.05, 0) is 32.1 Å². The molecule has 0 heterocycles. The first-order valence-electron chi connectivity index (χ1n) is 4.95. The maximum absolute atomic E-state index is 9.40. The Bertz CT molecular complexity index is 196. The molecular weight excluding hydrogens is 164 g/mol. The number of aliphatic hydroxyl groups excluding tert-OH is 1. The van der Waals surface area contributed by atoms with Crippen molar-refractivity contribution in [1.29, 1.82) is 0 Å². The van der Waals surface area contributed by atoms with Gasteiger partial charge in [0, 0.05) is 19.1 Å². The first kappa shape index (κ1) is 11.0. The zero-order valence-corrected chi connectivity index (χ0v) is 9.48. The topological polar surface area (TPSA) is 29.5 Å². The van der Waals surface area contributed by atoms with Crippen LogP contribution in [0.1, 0.15) is 40.5 Å². The summed E-state index contributed by atoms with van der Waals surface area (Å²) in [6, 6.07) is 0. The number of methoxy groups -OCH3 is 1. The standard InChI is InChI=1S/C11H22O2/c1-9(2)6-11(9,8-12)7-10(3,4)13-5/h12H,6-8H2,1-5H3. The zero-order valence-electron chi connectivity index (χ0n) is 9.48. The smallest absolute Gasteiger partial charge is 0.0629 e. The van der Waals surface area contributed by atoms with Crippen LogP contribution in [0.4, 0.5) is 0 Å². The lowest BCUT2D eigenvalue weighted by Crippen LogP contribution is -2.30. The van der Waals surface area contributed by atoms with E-state index in [9.17, 15) is 5.11 Å². The summed E-state index contributed by atoms with van der Waals surface area (Å²) < 4.78 is 5.40. The van der Waals surface area contributed by atoms with Gasteiger partial charge < -0.3 is 9.84 Å². The van der Waals surface area contributed by atoms with Crippen LogP contribution in [-0.4, -0.2) is 24.4 Å². The van der Waals surface area contributed by atoms with E-state index in [-0.39, 0.29) is 23.0 Å². The van der Waals surface area contributed by atoms with Crippen molar-refractivity contribution in [1.82, 2.24) is 0 Å². The van der Waals surface area contributed by atoms with E-state index >= 15 is 0 Å². The van der Waals surface area contributed by atoms with Gasteiger partial charge in [0.1, 0.15) is 0 Å². The van der Waals surface area contributed by atoms with Gasteiger partial charge in [0.15, 0.2) is 0 Å². The Morgan fingerprint density at radius 2 is 1.85 bits per heavy atom. The van der Waals surface area contributed by atoms with E-state index in [0.29, 0.717) is 0 Å². The highest BCUT2D eigenvalue weighted by Gasteiger charge is 2.61. The van der Waals surface area contributed by atoms with E-state index in [0.717, 1.165) is 12.8 Å². The van der Waals surface area contributed by atoms with Gasteiger partial charge in [-0.3, -0.25) is 0 Å². The third-order valence-electron chi connectivity index (χ3n) is 3.71. The predicted octanol–water partition coefficient (Wildman–Crippen LogP) is 2.21.